The van der Waals surface area contributed by atoms with Gasteiger partial charge in [0.15, 0.2) is 0 Å². The third-order valence-corrected chi connectivity index (χ3v) is 9.96. The van der Waals surface area contributed by atoms with Crippen LogP contribution < -0.4 is 0 Å². The van der Waals surface area contributed by atoms with Crippen LogP contribution in [0.3, 0.4) is 0 Å². The molecule has 0 amide bonds. The monoisotopic (exact) mass is 632 g/mol. The Labute approximate surface area is 279 Å². The van der Waals surface area contributed by atoms with Gasteiger partial charge in [-0.05, 0) is 36.4 Å². The Morgan fingerprint density at radius 3 is 1.58 bits per heavy atom. The number of aromatic nitrogens is 5. The van der Waals surface area contributed by atoms with Gasteiger partial charge in [-0.15, -0.1) is 11.3 Å². The molecule has 6 nitrogen and oxygen atoms in total. The molecule has 0 saturated carbocycles. The van der Waals surface area contributed by atoms with E-state index in [-0.39, 0.29) is 0 Å². The zero-order chi connectivity index (χ0) is 32.0. The first kappa shape index (κ1) is 27.8. The van der Waals surface area contributed by atoms with E-state index in [9.17, 15) is 5.26 Å². The minimum absolute atomic E-state index is 0.536. The number of benzene rings is 3. The first-order chi connectivity index (χ1) is 23.8. The Morgan fingerprint density at radius 1 is 0.521 bits per heavy atom. The molecule has 0 aliphatic heterocycles. The van der Waals surface area contributed by atoms with Crippen molar-refractivity contribution in [1.82, 2.24) is 24.5 Å². The van der Waals surface area contributed by atoms with E-state index in [1.807, 2.05) is 61.2 Å². The summed E-state index contributed by atoms with van der Waals surface area (Å²) in [5.74, 6) is 0. The fourth-order valence-corrected chi connectivity index (χ4v) is 8.16. The van der Waals surface area contributed by atoms with Crippen LogP contribution in [0.1, 0.15) is 5.56 Å². The molecule has 0 saturated heterocycles. The van der Waals surface area contributed by atoms with Crippen LogP contribution in [0.4, 0.5) is 0 Å². The summed E-state index contributed by atoms with van der Waals surface area (Å²) >= 11 is 1.74. The van der Waals surface area contributed by atoms with Crippen LogP contribution in [-0.2, 0) is 0 Å². The standard InChI is InChI=1S/C41H24N6S/c42-21-32-35(26-9-5-17-43-22-26)36(27-10-6-18-44-23-27)37(28-11-7-19-45-24-28)38(29-12-8-20-46-25-29)40(32)47-33-15-3-1-13-30(33)39-31-14-2-4-16-34(31)48-41(39)47/h1-20,22-25H. The Hall–Kier alpha value is -6.49. The highest BCUT2D eigenvalue weighted by Crippen LogP contribution is 2.53. The quantitative estimate of drug-likeness (QED) is 0.189. The van der Waals surface area contributed by atoms with E-state index in [4.69, 9.17) is 0 Å². The number of nitrogens with zero attached hydrogens (tertiary/aromatic N) is 6. The molecule has 224 valence electrons. The van der Waals surface area contributed by atoms with Crippen molar-refractivity contribution in [3.63, 3.8) is 0 Å². The topological polar surface area (TPSA) is 80.3 Å². The molecule has 0 aliphatic rings. The number of nitriles is 1. The molecule has 0 N–H and O–H groups in total. The first-order valence-electron chi connectivity index (χ1n) is 15.5. The summed E-state index contributed by atoms with van der Waals surface area (Å²) in [6.07, 6.45) is 14.5. The predicted molar refractivity (Wildman–Crippen MR) is 194 cm³/mol. The van der Waals surface area contributed by atoms with Crippen molar-refractivity contribution in [2.45, 2.75) is 0 Å². The number of hydrogen-bond donors (Lipinski definition) is 0. The second-order valence-corrected chi connectivity index (χ2v) is 12.5. The molecular formula is C41H24N6S. The van der Waals surface area contributed by atoms with Gasteiger partial charge in [-0.3, -0.25) is 24.5 Å². The Balaban J connectivity index is 1.60. The Bertz CT molecular complexity index is 2660. The van der Waals surface area contributed by atoms with Crippen LogP contribution in [0, 0.1) is 11.3 Å². The molecule has 48 heavy (non-hydrogen) atoms. The molecule has 7 heteroatoms. The minimum atomic E-state index is 0.536. The van der Waals surface area contributed by atoms with E-state index in [0.29, 0.717) is 5.56 Å². The van der Waals surface area contributed by atoms with E-state index < -0.39 is 0 Å². The number of fused-ring (bicyclic) bond motifs is 5. The maximum Gasteiger partial charge on any atom is 0.109 e. The predicted octanol–water partition coefficient (Wildman–Crippen LogP) is 10.1. The minimum Gasteiger partial charge on any atom is -0.299 e. The lowest BCUT2D eigenvalue weighted by atomic mass is 9.80. The maximum atomic E-state index is 11.4. The van der Waals surface area contributed by atoms with Gasteiger partial charge in [-0.25, -0.2) is 0 Å². The van der Waals surface area contributed by atoms with Crippen molar-refractivity contribution in [3.8, 4) is 56.3 Å². The van der Waals surface area contributed by atoms with E-state index in [1.54, 1.807) is 36.1 Å². The maximum absolute atomic E-state index is 11.4. The zero-order valence-corrected chi connectivity index (χ0v) is 26.3. The molecular weight excluding hydrogens is 609 g/mol. The van der Waals surface area contributed by atoms with Crippen LogP contribution >= 0.6 is 11.3 Å². The number of thiophene rings is 1. The van der Waals surface area contributed by atoms with Crippen LogP contribution in [-0.4, -0.2) is 24.5 Å². The summed E-state index contributed by atoms with van der Waals surface area (Å²) in [7, 11) is 0. The number of hydrogen-bond acceptors (Lipinski definition) is 6. The van der Waals surface area contributed by atoms with Gasteiger partial charge in [0.1, 0.15) is 10.9 Å². The smallest absolute Gasteiger partial charge is 0.109 e. The zero-order valence-electron chi connectivity index (χ0n) is 25.4. The van der Waals surface area contributed by atoms with E-state index >= 15 is 0 Å². The molecule has 0 fully saturated rings. The van der Waals surface area contributed by atoms with Crippen molar-refractivity contribution < 1.29 is 0 Å². The summed E-state index contributed by atoms with van der Waals surface area (Å²) in [4.78, 5) is 19.3. The van der Waals surface area contributed by atoms with Crippen molar-refractivity contribution >= 4 is 42.5 Å². The highest BCUT2D eigenvalue weighted by atomic mass is 32.1. The second kappa shape index (κ2) is 11.4. The van der Waals surface area contributed by atoms with E-state index in [2.05, 4.69) is 91.2 Å². The highest BCUT2D eigenvalue weighted by Gasteiger charge is 2.31. The van der Waals surface area contributed by atoms with Crippen molar-refractivity contribution in [2.24, 2.45) is 0 Å². The fraction of sp³-hybridized carbons (Fsp3) is 0. The summed E-state index contributed by atoms with van der Waals surface area (Å²) in [5.41, 5.74) is 9.35. The van der Waals surface area contributed by atoms with Gasteiger partial charge in [0, 0.05) is 115 Å². The average molecular weight is 633 g/mol. The van der Waals surface area contributed by atoms with Gasteiger partial charge in [-0.1, -0.05) is 60.7 Å². The molecule has 6 aromatic heterocycles. The summed E-state index contributed by atoms with van der Waals surface area (Å²) in [6, 6.07) is 35.7. The average Bonchev–Trinajstić information content (AvgIpc) is 3.70. The van der Waals surface area contributed by atoms with Gasteiger partial charge in [0.05, 0.1) is 16.8 Å². The van der Waals surface area contributed by atoms with Crippen LogP contribution in [0.15, 0.2) is 147 Å². The number of rotatable bonds is 5. The molecule has 0 unspecified atom stereocenters. The summed E-state index contributed by atoms with van der Waals surface area (Å²) in [6.45, 7) is 0. The SMILES string of the molecule is N#Cc1c(-c2cccnc2)c(-c2cccnc2)c(-c2cccnc2)c(-c2cccnc2)c1-n1c2ccccc2c2c3ccccc3sc21. The molecule has 9 rings (SSSR count). The lowest BCUT2D eigenvalue weighted by molar-refractivity contribution is 1.18. The third kappa shape index (κ3) is 4.24. The molecule has 0 spiro atoms. The third-order valence-electron chi connectivity index (χ3n) is 8.80. The Kier molecular flexibility index (Phi) is 6.59. The van der Waals surface area contributed by atoms with Crippen LogP contribution in [0.2, 0.25) is 0 Å². The van der Waals surface area contributed by atoms with Crippen molar-refractivity contribution in [1.29, 1.82) is 5.26 Å². The largest absolute Gasteiger partial charge is 0.299 e. The molecule has 0 atom stereocenters. The lowest BCUT2D eigenvalue weighted by Crippen LogP contribution is -2.07. The molecule has 3 aromatic carbocycles. The molecule has 9 aromatic rings. The van der Waals surface area contributed by atoms with Crippen molar-refractivity contribution in [2.75, 3.05) is 0 Å². The molecule has 0 radical (unpaired) electrons. The number of para-hydroxylation sites is 1. The first-order valence-corrected chi connectivity index (χ1v) is 16.3. The van der Waals surface area contributed by atoms with Crippen molar-refractivity contribution in [3.05, 3.63) is 152 Å². The summed E-state index contributed by atoms with van der Waals surface area (Å²) in [5, 5.41) is 14.9. The summed E-state index contributed by atoms with van der Waals surface area (Å²) < 4.78 is 3.48. The van der Waals surface area contributed by atoms with E-state index in [0.717, 1.165) is 65.9 Å². The molecule has 0 aliphatic carbocycles. The van der Waals surface area contributed by atoms with Crippen LogP contribution in [0.5, 0.6) is 0 Å². The second-order valence-electron chi connectivity index (χ2n) is 11.4. The normalized spacial score (nSPS) is 11.3. The highest BCUT2D eigenvalue weighted by molar-refractivity contribution is 7.25. The van der Waals surface area contributed by atoms with Gasteiger partial charge in [0.2, 0.25) is 0 Å². The van der Waals surface area contributed by atoms with Gasteiger partial charge >= 0.3 is 0 Å². The Morgan fingerprint density at radius 2 is 1.02 bits per heavy atom. The molecule has 0 bridgehead atoms. The molecule has 6 heterocycles. The fourth-order valence-electron chi connectivity index (χ4n) is 6.92. The van der Waals surface area contributed by atoms with E-state index in [1.165, 1.54) is 15.5 Å². The number of pyridine rings is 4. The van der Waals surface area contributed by atoms with Gasteiger partial charge in [-0.2, -0.15) is 5.26 Å². The van der Waals surface area contributed by atoms with Gasteiger partial charge < -0.3 is 0 Å². The van der Waals surface area contributed by atoms with Crippen LogP contribution in [0.25, 0.3) is 81.4 Å². The van der Waals surface area contributed by atoms with Gasteiger partial charge in [0.25, 0.3) is 0 Å². The lowest BCUT2D eigenvalue weighted by Gasteiger charge is -2.26.